The Bertz CT molecular complexity index is 1570. The molecule has 0 unspecified atom stereocenters. The largest absolute Gasteiger partial charge is 0.481 e. The number of carbonyl (C=O) groups is 2. The molecular formula is C42H66O15. The monoisotopic (exact) mass is 810 g/mol. The van der Waals surface area contributed by atoms with Crippen molar-refractivity contribution < 1.29 is 74.5 Å². The first-order chi connectivity index (χ1) is 26.7. The third-order valence-electron chi connectivity index (χ3n) is 17.4. The van der Waals surface area contributed by atoms with Crippen molar-refractivity contribution in [2.24, 2.45) is 56.7 Å². The number of rotatable bonds is 7. The fourth-order valence-corrected chi connectivity index (χ4v) is 13.9. The number of hydrogen-bond acceptors (Lipinski definition) is 14. The molecule has 0 aromatic carbocycles. The first kappa shape index (κ1) is 43.3. The van der Waals surface area contributed by atoms with Gasteiger partial charge in [-0.1, -0.05) is 53.2 Å². The summed E-state index contributed by atoms with van der Waals surface area (Å²) in [6.07, 6.45) is -8.38. The lowest BCUT2D eigenvalue weighted by atomic mass is 9.33. The second kappa shape index (κ2) is 15.0. The second-order valence-electron chi connectivity index (χ2n) is 20.0. The summed E-state index contributed by atoms with van der Waals surface area (Å²) in [5.41, 5.74) is -3.12. The van der Waals surface area contributed by atoms with E-state index in [0.29, 0.717) is 44.9 Å². The summed E-state index contributed by atoms with van der Waals surface area (Å²) in [5.74, 6) is -1.90. The Labute approximate surface area is 334 Å². The zero-order chi connectivity index (χ0) is 41.8. The zero-order valence-corrected chi connectivity index (χ0v) is 34.1. The molecule has 7 aliphatic rings. The molecule has 2 heterocycles. The molecule has 2 saturated heterocycles. The minimum Gasteiger partial charge on any atom is -0.481 e. The summed E-state index contributed by atoms with van der Waals surface area (Å²) in [7, 11) is 0. The summed E-state index contributed by atoms with van der Waals surface area (Å²) in [6.45, 7) is 11.7. The number of carboxylic acids is 1. The summed E-state index contributed by atoms with van der Waals surface area (Å²) >= 11 is 0. The van der Waals surface area contributed by atoms with Crippen LogP contribution in [-0.2, 0) is 28.5 Å². The number of carboxylic acid groups (broad SMARTS) is 1. The lowest BCUT2D eigenvalue weighted by Crippen LogP contribution is -2.68. The normalized spacial score (nSPS) is 53.3. The summed E-state index contributed by atoms with van der Waals surface area (Å²) in [5, 5.41) is 94.3. The van der Waals surface area contributed by atoms with Gasteiger partial charge in [-0.25, -0.2) is 0 Å². The molecule has 15 nitrogen and oxygen atoms in total. The van der Waals surface area contributed by atoms with Crippen LogP contribution >= 0.6 is 0 Å². The first-order valence-corrected chi connectivity index (χ1v) is 21.1. The molecule has 4 saturated carbocycles. The van der Waals surface area contributed by atoms with E-state index in [2.05, 4.69) is 47.6 Å². The van der Waals surface area contributed by atoms with Crippen LogP contribution in [0.3, 0.4) is 0 Å². The van der Waals surface area contributed by atoms with Crippen LogP contribution < -0.4 is 0 Å². The third-order valence-corrected chi connectivity index (χ3v) is 17.4. The topological polar surface area (TPSA) is 253 Å². The number of allylic oxidation sites excluding steroid dienone is 1. The Morgan fingerprint density at radius 3 is 1.93 bits per heavy atom. The van der Waals surface area contributed by atoms with E-state index in [1.807, 2.05) is 0 Å². The number of hydrogen-bond donors (Lipinski definition) is 9. The van der Waals surface area contributed by atoms with Gasteiger partial charge in [0.2, 0.25) is 6.29 Å². The van der Waals surface area contributed by atoms with Gasteiger partial charge < -0.3 is 64.9 Å². The lowest BCUT2D eigenvalue weighted by molar-refractivity contribution is -0.330. The molecule has 7 rings (SSSR count). The molecule has 0 spiro atoms. The molecule has 324 valence electrons. The predicted molar refractivity (Wildman–Crippen MR) is 199 cm³/mol. The summed E-state index contributed by atoms with van der Waals surface area (Å²) < 4.78 is 23.7. The number of aliphatic carboxylic acids is 1. The zero-order valence-electron chi connectivity index (χ0n) is 34.1. The van der Waals surface area contributed by atoms with Gasteiger partial charge in [0, 0.05) is 0 Å². The molecular weight excluding hydrogens is 744 g/mol. The fraction of sp³-hybridized carbons (Fsp3) is 0.905. The maximum atomic E-state index is 14.6. The predicted octanol–water partition coefficient (Wildman–Crippen LogP) is 1.24. The number of aliphatic hydroxyl groups excluding tert-OH is 8. The molecule has 9 N–H and O–H groups in total. The molecule has 15 heteroatoms. The van der Waals surface area contributed by atoms with Crippen molar-refractivity contribution in [1.82, 2.24) is 0 Å². The van der Waals surface area contributed by atoms with Crippen molar-refractivity contribution >= 4 is 11.9 Å². The van der Waals surface area contributed by atoms with E-state index >= 15 is 0 Å². The van der Waals surface area contributed by atoms with Crippen LogP contribution in [0.5, 0.6) is 0 Å². The van der Waals surface area contributed by atoms with Crippen LogP contribution in [0.25, 0.3) is 0 Å². The van der Waals surface area contributed by atoms with Crippen molar-refractivity contribution in [2.75, 3.05) is 13.2 Å². The molecule has 0 amide bonds. The number of esters is 1. The van der Waals surface area contributed by atoms with Crippen LogP contribution in [0.15, 0.2) is 11.6 Å². The molecule has 0 aromatic rings. The average molecular weight is 811 g/mol. The second-order valence-corrected chi connectivity index (χ2v) is 20.0. The van der Waals surface area contributed by atoms with Gasteiger partial charge in [-0.3, -0.25) is 9.59 Å². The quantitative estimate of drug-likeness (QED) is 0.0997. The maximum absolute atomic E-state index is 14.6. The van der Waals surface area contributed by atoms with E-state index < -0.39 is 120 Å². The van der Waals surface area contributed by atoms with Gasteiger partial charge in [-0.15, -0.1) is 0 Å². The Kier molecular flexibility index (Phi) is 11.4. The highest BCUT2D eigenvalue weighted by Crippen LogP contribution is 2.76. The van der Waals surface area contributed by atoms with Gasteiger partial charge in [-0.05, 0) is 104 Å². The third kappa shape index (κ3) is 6.14. The van der Waals surface area contributed by atoms with Gasteiger partial charge in [0.1, 0.15) is 48.8 Å². The van der Waals surface area contributed by atoms with Gasteiger partial charge in [0.05, 0.1) is 30.1 Å². The summed E-state index contributed by atoms with van der Waals surface area (Å²) in [4.78, 5) is 28.8. The smallest absolute Gasteiger partial charge is 0.315 e. The van der Waals surface area contributed by atoms with Crippen LogP contribution in [0.4, 0.5) is 0 Å². The van der Waals surface area contributed by atoms with Gasteiger partial charge in [-0.2, -0.15) is 0 Å². The van der Waals surface area contributed by atoms with Gasteiger partial charge in [0.15, 0.2) is 6.29 Å². The van der Waals surface area contributed by atoms with Crippen LogP contribution in [0.1, 0.15) is 99.3 Å². The van der Waals surface area contributed by atoms with E-state index in [1.54, 1.807) is 0 Å². The van der Waals surface area contributed by atoms with Crippen LogP contribution in [0, 0.1) is 56.7 Å². The minimum absolute atomic E-state index is 0.0408. The Morgan fingerprint density at radius 1 is 0.737 bits per heavy atom. The van der Waals surface area contributed by atoms with E-state index in [9.17, 15) is 55.5 Å². The van der Waals surface area contributed by atoms with Crippen molar-refractivity contribution in [2.45, 2.75) is 167 Å². The molecule has 0 aromatic heterocycles. The maximum Gasteiger partial charge on any atom is 0.315 e. The Hall–Kier alpha value is -1.76. The van der Waals surface area contributed by atoms with Crippen LogP contribution in [0.2, 0.25) is 0 Å². The standard InChI is InChI=1S/C42H66O15/c1-19-9-14-41(37(53)57-35-33(50)31(48)29(46)23(18-44)55-35)15-16-42(36(51)52)21(27(41)20(19)2)7-8-25-39(5)12-11-26(38(3,4)24(39)10-13-40(25,42)6)56-34-32(49)30(47)28(45)22(17-43)54-34/h7,19-20,22-35,43-50H,8-18H2,1-6H3,(H,51,52)/t19-,20+,22-,23-,24+,25+,26+,27+,28-,29-,30+,31+,32-,33-,34+,35+,39+,40-,41+,42-/m1/s1. The van der Waals surface area contributed by atoms with Gasteiger partial charge >= 0.3 is 11.9 Å². The number of ether oxygens (including phenoxy) is 4. The molecule has 57 heavy (non-hydrogen) atoms. The highest BCUT2D eigenvalue weighted by atomic mass is 16.7. The molecule has 0 bridgehead atoms. The number of carbonyl (C=O) groups excluding carboxylic acids is 1. The van der Waals surface area contributed by atoms with Gasteiger partial charge in [0.25, 0.3) is 0 Å². The number of fused-ring (bicyclic) bond motifs is 7. The molecule has 2 aliphatic heterocycles. The lowest BCUT2D eigenvalue weighted by Gasteiger charge is -2.70. The SMILES string of the molecule is C[C@H]1[C@H](C)CC[C@]2(C(=O)O[C@@H]3O[C@H](CO)[C@@H](O)[C@H](O)[C@H]3O)CC[C@]3(C(=O)O)C(=CC[C@H]4[C@@]5(C)CC[C@H](O[C@@H]6O[C@H](CO)[C@@H](O)[C@H](O)[C@H]6O)C(C)(C)[C@@H]5CC[C@]43C)[C@H]12. The molecule has 5 aliphatic carbocycles. The van der Waals surface area contributed by atoms with E-state index in [-0.39, 0.29) is 41.9 Å². The summed E-state index contributed by atoms with van der Waals surface area (Å²) in [6, 6.07) is 0. The number of aliphatic hydroxyl groups is 8. The van der Waals surface area contributed by atoms with Crippen molar-refractivity contribution in [1.29, 1.82) is 0 Å². The minimum atomic E-state index is -1.75. The first-order valence-electron chi connectivity index (χ1n) is 21.1. The average Bonchev–Trinajstić information content (AvgIpc) is 3.16. The van der Waals surface area contributed by atoms with Crippen molar-refractivity contribution in [3.8, 4) is 0 Å². The molecule has 20 atom stereocenters. The van der Waals surface area contributed by atoms with E-state index in [4.69, 9.17) is 18.9 Å². The highest BCUT2D eigenvalue weighted by Gasteiger charge is 2.74. The van der Waals surface area contributed by atoms with Crippen molar-refractivity contribution in [3.05, 3.63) is 11.6 Å². The van der Waals surface area contributed by atoms with Crippen molar-refractivity contribution in [3.63, 3.8) is 0 Å². The molecule has 0 radical (unpaired) electrons. The highest BCUT2D eigenvalue weighted by molar-refractivity contribution is 5.85. The van der Waals surface area contributed by atoms with E-state index in [0.717, 1.165) is 5.57 Å². The Balaban J connectivity index is 1.20. The van der Waals surface area contributed by atoms with Crippen LogP contribution in [-0.4, -0.2) is 139 Å². The Morgan fingerprint density at radius 2 is 1.33 bits per heavy atom. The van der Waals surface area contributed by atoms with E-state index in [1.165, 1.54) is 0 Å². The fourth-order valence-electron chi connectivity index (χ4n) is 13.9. The molecule has 6 fully saturated rings.